The van der Waals surface area contributed by atoms with Crippen LogP contribution in [0.15, 0.2) is 0 Å². The molecule has 2 aliphatic rings. The highest BCUT2D eigenvalue weighted by molar-refractivity contribution is 4.81. The number of methoxy groups -OCH3 is 1. The van der Waals surface area contributed by atoms with Crippen LogP contribution >= 0.6 is 0 Å². The summed E-state index contributed by atoms with van der Waals surface area (Å²) in [6.45, 7) is 10.0. The van der Waals surface area contributed by atoms with Gasteiger partial charge in [-0.3, -0.25) is 9.80 Å². The molecule has 0 saturated carbocycles. The highest BCUT2D eigenvalue weighted by atomic mass is 16.5. The Morgan fingerprint density at radius 2 is 1.89 bits per heavy atom. The number of nitrogens with zero attached hydrogens (tertiary/aromatic N) is 2. The van der Waals surface area contributed by atoms with Crippen LogP contribution in [0.4, 0.5) is 0 Å². The van der Waals surface area contributed by atoms with Crippen molar-refractivity contribution in [1.29, 1.82) is 0 Å². The van der Waals surface area contributed by atoms with Crippen LogP contribution in [0.25, 0.3) is 0 Å². The molecule has 3 unspecified atom stereocenters. The Kier molecular flexibility index (Phi) is 6.04. The van der Waals surface area contributed by atoms with Gasteiger partial charge in [-0.1, -0.05) is 6.92 Å². The Labute approximate surface area is 116 Å². The molecule has 0 aromatic carbocycles. The largest absolute Gasteiger partial charge is 0.390 e. The Morgan fingerprint density at radius 1 is 1.21 bits per heavy atom. The van der Waals surface area contributed by atoms with E-state index in [0.29, 0.717) is 12.0 Å². The Balaban J connectivity index is 1.70. The second kappa shape index (κ2) is 7.55. The summed E-state index contributed by atoms with van der Waals surface area (Å²) in [6.07, 6.45) is 1.24. The van der Waals surface area contributed by atoms with Crippen molar-refractivity contribution >= 4 is 0 Å². The van der Waals surface area contributed by atoms with Crippen LogP contribution in [0, 0.1) is 5.92 Å². The van der Waals surface area contributed by atoms with Crippen molar-refractivity contribution in [3.63, 3.8) is 0 Å². The molecule has 0 amide bonds. The minimum absolute atomic E-state index is 0.246. The summed E-state index contributed by atoms with van der Waals surface area (Å²) in [5.41, 5.74) is 0. The van der Waals surface area contributed by atoms with E-state index in [1.807, 2.05) is 0 Å². The fourth-order valence-electron chi connectivity index (χ4n) is 3.12. The van der Waals surface area contributed by atoms with E-state index in [4.69, 9.17) is 4.74 Å². The Hall–Kier alpha value is -0.200. The molecule has 0 aliphatic carbocycles. The number of hydrogen-bond donors (Lipinski definition) is 2. The van der Waals surface area contributed by atoms with E-state index >= 15 is 0 Å². The maximum Gasteiger partial charge on any atom is 0.0793 e. The van der Waals surface area contributed by atoms with Gasteiger partial charge in [0.2, 0.25) is 0 Å². The number of ether oxygens (including phenoxy) is 1. The molecule has 2 saturated heterocycles. The molecule has 2 heterocycles. The van der Waals surface area contributed by atoms with E-state index in [-0.39, 0.29) is 6.10 Å². The second-order valence-electron chi connectivity index (χ2n) is 6.00. The number of aliphatic hydroxyl groups excluding tert-OH is 1. The van der Waals surface area contributed by atoms with Gasteiger partial charge in [0.1, 0.15) is 0 Å². The number of nitrogens with one attached hydrogen (secondary N) is 1. The molecule has 2 rings (SSSR count). The van der Waals surface area contributed by atoms with E-state index < -0.39 is 0 Å². The summed E-state index contributed by atoms with van der Waals surface area (Å²) >= 11 is 0. The third-order valence-electron chi connectivity index (χ3n) is 4.42. The predicted molar refractivity (Wildman–Crippen MR) is 76.3 cm³/mol. The monoisotopic (exact) mass is 271 g/mol. The van der Waals surface area contributed by atoms with E-state index in [2.05, 4.69) is 22.0 Å². The number of aliphatic hydroxyl groups is 1. The first-order valence-electron chi connectivity index (χ1n) is 7.55. The SMILES string of the molecule is COC1CN(CC(O)CN2CCNCC2)CCC1C. The van der Waals surface area contributed by atoms with Crippen LogP contribution in [0.5, 0.6) is 0 Å². The van der Waals surface area contributed by atoms with E-state index in [9.17, 15) is 5.11 Å². The average molecular weight is 271 g/mol. The van der Waals surface area contributed by atoms with Crippen molar-refractivity contribution in [1.82, 2.24) is 15.1 Å². The van der Waals surface area contributed by atoms with E-state index in [0.717, 1.165) is 52.4 Å². The molecule has 0 bridgehead atoms. The molecule has 0 spiro atoms. The molecule has 2 fully saturated rings. The maximum absolute atomic E-state index is 10.2. The van der Waals surface area contributed by atoms with Crippen LogP contribution in [0.3, 0.4) is 0 Å². The zero-order valence-corrected chi connectivity index (χ0v) is 12.3. The smallest absolute Gasteiger partial charge is 0.0793 e. The van der Waals surface area contributed by atoms with Gasteiger partial charge in [0, 0.05) is 52.9 Å². The van der Waals surface area contributed by atoms with Gasteiger partial charge in [0.05, 0.1) is 12.2 Å². The molecular weight excluding hydrogens is 242 g/mol. The third-order valence-corrected chi connectivity index (χ3v) is 4.42. The summed E-state index contributed by atoms with van der Waals surface area (Å²) in [5.74, 6) is 0.631. The summed E-state index contributed by atoms with van der Waals surface area (Å²) < 4.78 is 5.52. The van der Waals surface area contributed by atoms with Crippen LogP contribution in [0.1, 0.15) is 13.3 Å². The highest BCUT2D eigenvalue weighted by Crippen LogP contribution is 2.19. The molecule has 19 heavy (non-hydrogen) atoms. The third kappa shape index (κ3) is 4.68. The fraction of sp³-hybridized carbons (Fsp3) is 1.00. The molecule has 2 aliphatic heterocycles. The number of likely N-dealkylation sites (tertiary alicyclic amines) is 1. The summed E-state index contributed by atoms with van der Waals surface area (Å²) in [7, 11) is 1.79. The second-order valence-corrected chi connectivity index (χ2v) is 6.00. The van der Waals surface area contributed by atoms with Crippen LogP contribution < -0.4 is 5.32 Å². The van der Waals surface area contributed by atoms with Gasteiger partial charge in [-0.15, -0.1) is 0 Å². The van der Waals surface area contributed by atoms with Crippen LogP contribution in [-0.4, -0.2) is 86.6 Å². The number of β-amino-alcohol motifs (C(OH)–C–C–N with tert-alkyl or cyclic N) is 1. The van der Waals surface area contributed by atoms with Gasteiger partial charge in [-0.25, -0.2) is 0 Å². The molecule has 0 aromatic heterocycles. The summed E-state index contributed by atoms with van der Waals surface area (Å²) in [5, 5.41) is 13.6. The maximum atomic E-state index is 10.2. The van der Waals surface area contributed by atoms with Crippen molar-refractivity contribution in [2.75, 3.05) is 59.5 Å². The fourth-order valence-corrected chi connectivity index (χ4v) is 3.12. The molecule has 0 aromatic rings. The Bertz CT molecular complexity index is 259. The molecule has 0 radical (unpaired) electrons. The molecular formula is C14H29N3O2. The van der Waals surface area contributed by atoms with E-state index in [1.54, 1.807) is 7.11 Å². The first-order chi connectivity index (χ1) is 9.19. The highest BCUT2D eigenvalue weighted by Gasteiger charge is 2.27. The number of piperidine rings is 1. The predicted octanol–water partition coefficient (Wildman–Crippen LogP) is -0.391. The minimum Gasteiger partial charge on any atom is -0.390 e. The average Bonchev–Trinajstić information content (AvgIpc) is 2.42. The van der Waals surface area contributed by atoms with Gasteiger partial charge < -0.3 is 15.2 Å². The van der Waals surface area contributed by atoms with Gasteiger partial charge in [0.25, 0.3) is 0 Å². The lowest BCUT2D eigenvalue weighted by Gasteiger charge is -2.38. The first-order valence-corrected chi connectivity index (χ1v) is 7.55. The van der Waals surface area contributed by atoms with Gasteiger partial charge in [-0.2, -0.15) is 0 Å². The summed E-state index contributed by atoms with van der Waals surface area (Å²) in [6, 6.07) is 0. The van der Waals surface area contributed by atoms with Crippen LogP contribution in [0.2, 0.25) is 0 Å². The lowest BCUT2D eigenvalue weighted by atomic mass is 9.95. The molecule has 5 nitrogen and oxygen atoms in total. The standard InChI is InChI=1S/C14H29N3O2/c1-12-3-6-17(11-14(12)19-2)10-13(18)9-16-7-4-15-5-8-16/h12-15,18H,3-11H2,1-2H3. The van der Waals surface area contributed by atoms with Gasteiger partial charge >= 0.3 is 0 Å². The number of rotatable bonds is 5. The van der Waals surface area contributed by atoms with Crippen molar-refractivity contribution in [3.05, 3.63) is 0 Å². The first kappa shape index (κ1) is 15.2. The van der Waals surface area contributed by atoms with Crippen molar-refractivity contribution in [3.8, 4) is 0 Å². The number of hydrogen-bond acceptors (Lipinski definition) is 5. The minimum atomic E-state index is -0.246. The van der Waals surface area contributed by atoms with Crippen LogP contribution in [-0.2, 0) is 4.74 Å². The van der Waals surface area contributed by atoms with Crippen molar-refractivity contribution in [2.24, 2.45) is 5.92 Å². The Morgan fingerprint density at radius 3 is 2.58 bits per heavy atom. The lowest BCUT2D eigenvalue weighted by Crippen LogP contribution is -2.50. The molecule has 3 atom stereocenters. The zero-order valence-electron chi connectivity index (χ0n) is 12.3. The van der Waals surface area contributed by atoms with Crippen molar-refractivity contribution < 1.29 is 9.84 Å². The van der Waals surface area contributed by atoms with Gasteiger partial charge in [0.15, 0.2) is 0 Å². The normalized spacial score (nSPS) is 32.4. The van der Waals surface area contributed by atoms with Crippen molar-refractivity contribution in [2.45, 2.75) is 25.6 Å². The topological polar surface area (TPSA) is 48.0 Å². The molecule has 5 heteroatoms. The number of piperazine rings is 1. The molecule has 112 valence electrons. The quantitative estimate of drug-likeness (QED) is 0.713. The zero-order chi connectivity index (χ0) is 13.7. The van der Waals surface area contributed by atoms with E-state index in [1.165, 1.54) is 6.42 Å². The van der Waals surface area contributed by atoms with Gasteiger partial charge in [-0.05, 0) is 18.9 Å². The molecule has 2 N–H and O–H groups in total. The summed E-state index contributed by atoms with van der Waals surface area (Å²) in [4.78, 5) is 4.70. The lowest BCUT2D eigenvalue weighted by molar-refractivity contribution is -0.0217.